The molecule has 29 heavy (non-hydrogen) atoms. The number of methoxy groups -OCH3 is 1. The van der Waals surface area contributed by atoms with E-state index < -0.39 is 0 Å². The molecule has 0 spiro atoms. The van der Waals surface area contributed by atoms with E-state index in [1.165, 1.54) is 4.90 Å². The van der Waals surface area contributed by atoms with Crippen molar-refractivity contribution in [2.24, 2.45) is 5.92 Å². The van der Waals surface area contributed by atoms with Crippen molar-refractivity contribution in [1.29, 1.82) is 0 Å². The number of carbonyl (C=O) groups excluding carboxylic acids is 1. The molecule has 0 N–H and O–H groups in total. The molecule has 1 aromatic heterocycles. The summed E-state index contributed by atoms with van der Waals surface area (Å²) >= 11 is 7.03. The third-order valence-corrected chi connectivity index (χ3v) is 8.10. The first-order chi connectivity index (χ1) is 14.2. The van der Waals surface area contributed by atoms with Gasteiger partial charge in [0.05, 0.1) is 16.6 Å². The molecule has 3 aromatic rings. The summed E-state index contributed by atoms with van der Waals surface area (Å²) < 4.78 is 6.41. The van der Waals surface area contributed by atoms with Crippen LogP contribution in [0.2, 0.25) is 0 Å². The number of hydrogen-bond acceptors (Lipinski definition) is 5. The molecular weight excluding hydrogens is 466 g/mol. The Morgan fingerprint density at radius 3 is 2.69 bits per heavy atom. The molecule has 0 unspecified atom stereocenters. The lowest BCUT2D eigenvalue weighted by Crippen LogP contribution is -2.12. The highest BCUT2D eigenvalue weighted by Crippen LogP contribution is 2.39. The van der Waals surface area contributed by atoms with Crippen LogP contribution in [0.5, 0.6) is 5.75 Å². The zero-order valence-electron chi connectivity index (χ0n) is 16.2. The Labute approximate surface area is 188 Å². The van der Waals surface area contributed by atoms with E-state index in [2.05, 4.69) is 28.1 Å². The van der Waals surface area contributed by atoms with Gasteiger partial charge in [-0.2, -0.15) is 0 Å². The second-order valence-corrected chi connectivity index (χ2v) is 10.5. The first-order valence-electron chi connectivity index (χ1n) is 9.71. The fourth-order valence-electron chi connectivity index (χ4n) is 3.65. The second kappa shape index (κ2) is 9.45. The lowest BCUT2D eigenvalue weighted by atomic mass is 9.93. The smallest absolute Gasteiger partial charge is 0.166 e. The van der Waals surface area contributed by atoms with Gasteiger partial charge in [0.15, 0.2) is 5.78 Å². The van der Waals surface area contributed by atoms with Crippen molar-refractivity contribution in [2.45, 2.75) is 36.3 Å². The highest BCUT2D eigenvalue weighted by Gasteiger charge is 2.27. The summed E-state index contributed by atoms with van der Waals surface area (Å²) in [6, 6.07) is 16.1. The highest BCUT2D eigenvalue weighted by molar-refractivity contribution is 9.11. The van der Waals surface area contributed by atoms with Gasteiger partial charge in [0.1, 0.15) is 10.8 Å². The van der Waals surface area contributed by atoms with Crippen LogP contribution < -0.4 is 4.74 Å². The SMILES string of the molecule is COc1ccc(-c2nc(CSc3ccccc3)c(Br)s2)c(C(=O)C2CCCC2)c1. The largest absolute Gasteiger partial charge is 0.497 e. The summed E-state index contributed by atoms with van der Waals surface area (Å²) in [6.07, 6.45) is 4.24. The molecule has 0 radical (unpaired) electrons. The van der Waals surface area contributed by atoms with Crippen LogP contribution in [0.15, 0.2) is 57.2 Å². The Morgan fingerprint density at radius 1 is 1.21 bits per heavy atom. The molecule has 6 heteroatoms. The van der Waals surface area contributed by atoms with Gasteiger partial charge < -0.3 is 4.74 Å². The van der Waals surface area contributed by atoms with Gasteiger partial charge in [-0.3, -0.25) is 4.79 Å². The zero-order chi connectivity index (χ0) is 20.2. The molecule has 1 saturated carbocycles. The van der Waals surface area contributed by atoms with Crippen LogP contribution in [0, 0.1) is 5.92 Å². The van der Waals surface area contributed by atoms with E-state index in [0.717, 1.165) is 57.1 Å². The van der Waals surface area contributed by atoms with E-state index >= 15 is 0 Å². The number of thioether (sulfide) groups is 1. The van der Waals surface area contributed by atoms with E-state index in [4.69, 9.17) is 9.72 Å². The summed E-state index contributed by atoms with van der Waals surface area (Å²) in [5, 5.41) is 0.879. The number of ether oxygens (including phenoxy) is 1. The molecule has 0 amide bonds. The monoisotopic (exact) mass is 487 g/mol. The fraction of sp³-hybridized carbons (Fsp3) is 0.304. The van der Waals surface area contributed by atoms with Crippen molar-refractivity contribution >= 4 is 44.8 Å². The number of nitrogens with zero attached hydrogens (tertiary/aromatic N) is 1. The molecule has 150 valence electrons. The molecule has 0 aliphatic heterocycles. The molecule has 3 nitrogen and oxygen atoms in total. The van der Waals surface area contributed by atoms with Crippen LogP contribution in [-0.2, 0) is 5.75 Å². The number of carbonyl (C=O) groups is 1. The number of halogens is 1. The highest BCUT2D eigenvalue weighted by atomic mass is 79.9. The van der Waals surface area contributed by atoms with Gasteiger partial charge >= 0.3 is 0 Å². The summed E-state index contributed by atoms with van der Waals surface area (Å²) in [5.41, 5.74) is 2.65. The third-order valence-electron chi connectivity index (χ3n) is 5.22. The van der Waals surface area contributed by atoms with E-state index in [9.17, 15) is 4.79 Å². The number of aromatic nitrogens is 1. The summed E-state index contributed by atoms with van der Waals surface area (Å²) in [7, 11) is 1.64. The van der Waals surface area contributed by atoms with Crippen LogP contribution in [0.4, 0.5) is 0 Å². The van der Waals surface area contributed by atoms with Crippen molar-refractivity contribution < 1.29 is 9.53 Å². The fourth-order valence-corrected chi connectivity index (χ4v) is 6.33. The van der Waals surface area contributed by atoms with Gasteiger partial charge in [-0.15, -0.1) is 23.1 Å². The van der Waals surface area contributed by atoms with Crippen LogP contribution in [0.25, 0.3) is 10.6 Å². The summed E-state index contributed by atoms with van der Waals surface area (Å²) in [4.78, 5) is 19.3. The molecule has 1 fully saturated rings. The summed E-state index contributed by atoms with van der Waals surface area (Å²) in [6.45, 7) is 0. The molecule has 1 heterocycles. The molecule has 0 bridgehead atoms. The summed E-state index contributed by atoms with van der Waals surface area (Å²) in [5.74, 6) is 1.84. The van der Waals surface area contributed by atoms with Gasteiger partial charge in [-0.05, 0) is 59.1 Å². The Kier molecular flexibility index (Phi) is 6.73. The maximum absolute atomic E-state index is 13.2. The first kappa shape index (κ1) is 20.6. The van der Waals surface area contributed by atoms with E-state index in [1.807, 2.05) is 36.4 Å². The van der Waals surface area contributed by atoms with E-state index in [-0.39, 0.29) is 11.7 Å². The molecule has 0 saturated heterocycles. The minimum absolute atomic E-state index is 0.123. The van der Waals surface area contributed by atoms with Gasteiger partial charge in [0.2, 0.25) is 0 Å². The molecule has 4 rings (SSSR count). The van der Waals surface area contributed by atoms with E-state index in [1.54, 1.807) is 30.2 Å². The van der Waals surface area contributed by atoms with Crippen LogP contribution in [-0.4, -0.2) is 17.9 Å². The maximum atomic E-state index is 13.2. The number of rotatable bonds is 7. The van der Waals surface area contributed by atoms with Crippen molar-refractivity contribution in [1.82, 2.24) is 4.98 Å². The number of ketones is 1. The number of Topliss-reactive ketones (excluding diaryl/α,β-unsaturated/α-hetero) is 1. The quantitative estimate of drug-likeness (QED) is 0.260. The van der Waals surface area contributed by atoms with Gasteiger partial charge in [0, 0.05) is 27.7 Å². The third kappa shape index (κ3) is 4.76. The number of thiazole rings is 1. The number of benzene rings is 2. The standard InChI is InChI=1S/C23H22BrNO2S2/c1-27-16-11-12-18(19(13-16)21(26)15-7-5-6-8-15)23-25-20(22(24)29-23)14-28-17-9-3-2-4-10-17/h2-4,9-13,15H,5-8,14H2,1H3. The Hall–Kier alpha value is -1.63. The van der Waals surface area contributed by atoms with Crippen molar-refractivity contribution in [2.75, 3.05) is 7.11 Å². The normalized spacial score (nSPS) is 14.3. The molecule has 2 aromatic carbocycles. The Bertz CT molecular complexity index is 997. The predicted molar refractivity (Wildman–Crippen MR) is 124 cm³/mol. The van der Waals surface area contributed by atoms with Crippen LogP contribution >= 0.6 is 39.0 Å². The van der Waals surface area contributed by atoms with Crippen LogP contribution in [0.3, 0.4) is 0 Å². The Balaban J connectivity index is 1.63. The van der Waals surface area contributed by atoms with Gasteiger partial charge in [0.25, 0.3) is 0 Å². The second-order valence-electron chi connectivity index (χ2n) is 7.10. The Morgan fingerprint density at radius 2 is 1.97 bits per heavy atom. The van der Waals surface area contributed by atoms with Crippen molar-refractivity contribution in [3.8, 4) is 16.3 Å². The maximum Gasteiger partial charge on any atom is 0.166 e. The molecule has 0 atom stereocenters. The molecule has 1 aliphatic carbocycles. The predicted octanol–water partition coefficient (Wildman–Crippen LogP) is 7.25. The average Bonchev–Trinajstić information content (AvgIpc) is 3.42. The van der Waals surface area contributed by atoms with Crippen LogP contribution in [0.1, 0.15) is 41.7 Å². The average molecular weight is 488 g/mol. The lowest BCUT2D eigenvalue weighted by molar-refractivity contribution is 0.0923. The first-order valence-corrected chi connectivity index (χ1v) is 12.3. The van der Waals surface area contributed by atoms with Gasteiger partial charge in [-0.25, -0.2) is 4.98 Å². The minimum Gasteiger partial charge on any atom is -0.497 e. The minimum atomic E-state index is 0.123. The van der Waals surface area contributed by atoms with Gasteiger partial charge in [-0.1, -0.05) is 31.0 Å². The van der Waals surface area contributed by atoms with Crippen molar-refractivity contribution in [3.63, 3.8) is 0 Å². The lowest BCUT2D eigenvalue weighted by Gasteiger charge is -2.13. The number of hydrogen-bond donors (Lipinski definition) is 0. The molecule has 1 aliphatic rings. The van der Waals surface area contributed by atoms with E-state index in [0.29, 0.717) is 5.75 Å². The topological polar surface area (TPSA) is 39.2 Å². The zero-order valence-corrected chi connectivity index (χ0v) is 19.4. The molecular formula is C23H22BrNO2S2. The van der Waals surface area contributed by atoms with Crippen molar-refractivity contribution in [3.05, 3.63) is 63.6 Å².